The van der Waals surface area contributed by atoms with Crippen molar-refractivity contribution in [3.8, 4) is 5.75 Å². The summed E-state index contributed by atoms with van der Waals surface area (Å²) in [5.41, 5.74) is 3.01. The Hall–Kier alpha value is -2.64. The number of anilines is 1. The summed E-state index contributed by atoms with van der Waals surface area (Å²) in [6.07, 6.45) is 2.11. The van der Waals surface area contributed by atoms with Crippen molar-refractivity contribution < 1.29 is 9.53 Å². The van der Waals surface area contributed by atoms with E-state index >= 15 is 0 Å². The monoisotopic (exact) mass is 452 g/mol. The van der Waals surface area contributed by atoms with Gasteiger partial charge in [-0.25, -0.2) is 4.98 Å². The maximum atomic E-state index is 12.5. The lowest BCUT2D eigenvalue weighted by Gasteiger charge is -2.34. The molecule has 1 aliphatic heterocycles. The molecule has 7 heteroatoms. The fourth-order valence-electron chi connectivity index (χ4n) is 3.81. The number of benzene rings is 2. The van der Waals surface area contributed by atoms with E-state index in [0.29, 0.717) is 18.7 Å². The topological polar surface area (TPSA) is 57.7 Å². The molecular weight excluding hydrogens is 420 g/mol. The number of aryl methyl sites for hydroxylation is 1. The van der Waals surface area contributed by atoms with Gasteiger partial charge in [-0.15, -0.1) is 0 Å². The van der Waals surface area contributed by atoms with Gasteiger partial charge in [-0.1, -0.05) is 36.8 Å². The molecule has 0 atom stereocenters. The number of ether oxygens (including phenoxy) is 1. The number of piperazine rings is 1. The summed E-state index contributed by atoms with van der Waals surface area (Å²) in [5.74, 6) is 0.710. The summed E-state index contributed by atoms with van der Waals surface area (Å²) < 4.78 is 6.97. The normalized spacial score (nSPS) is 14.6. The first kappa shape index (κ1) is 22.6. The number of fused-ring (bicyclic) bond motifs is 1. The van der Waals surface area contributed by atoms with Crippen molar-refractivity contribution in [1.29, 1.82) is 0 Å². The van der Waals surface area contributed by atoms with Crippen LogP contribution in [0.2, 0.25) is 0 Å². The number of carbonyl (C=O) groups excluding carboxylic acids is 1. The van der Waals surface area contributed by atoms with Crippen LogP contribution in [0.4, 0.5) is 5.13 Å². The van der Waals surface area contributed by atoms with Crippen LogP contribution in [0, 0.1) is 6.92 Å². The van der Waals surface area contributed by atoms with E-state index in [4.69, 9.17) is 9.72 Å². The Morgan fingerprint density at radius 3 is 2.81 bits per heavy atom. The number of carbonyl (C=O) groups is 1. The molecular formula is C25H32N4O2S. The lowest BCUT2D eigenvalue weighted by Crippen LogP contribution is -2.48. The third-order valence-corrected chi connectivity index (χ3v) is 6.83. The second-order valence-corrected chi connectivity index (χ2v) is 9.29. The number of nitrogens with zero attached hydrogens (tertiary/aromatic N) is 3. The maximum absolute atomic E-state index is 12.5. The highest BCUT2D eigenvalue weighted by Crippen LogP contribution is 2.30. The van der Waals surface area contributed by atoms with Crippen molar-refractivity contribution >= 4 is 32.6 Å². The van der Waals surface area contributed by atoms with Crippen molar-refractivity contribution in [1.82, 2.24) is 15.2 Å². The average Bonchev–Trinajstić information content (AvgIpc) is 3.23. The van der Waals surface area contributed by atoms with Gasteiger partial charge in [-0.05, 0) is 49.2 Å². The van der Waals surface area contributed by atoms with Crippen molar-refractivity contribution in [2.75, 3.05) is 50.8 Å². The molecule has 0 unspecified atom stereocenters. The molecule has 1 aliphatic rings. The Morgan fingerprint density at radius 1 is 1.16 bits per heavy atom. The zero-order valence-corrected chi connectivity index (χ0v) is 19.8. The summed E-state index contributed by atoms with van der Waals surface area (Å²) in [6.45, 7) is 10.3. The van der Waals surface area contributed by atoms with E-state index < -0.39 is 0 Å². The number of thiazole rings is 1. The van der Waals surface area contributed by atoms with Crippen LogP contribution in [0.25, 0.3) is 10.2 Å². The highest BCUT2D eigenvalue weighted by molar-refractivity contribution is 7.22. The van der Waals surface area contributed by atoms with Crippen molar-refractivity contribution in [3.05, 3.63) is 53.6 Å². The number of amides is 1. The van der Waals surface area contributed by atoms with Crippen LogP contribution in [0.3, 0.4) is 0 Å². The van der Waals surface area contributed by atoms with E-state index in [9.17, 15) is 4.79 Å². The molecule has 3 aromatic rings. The fourth-order valence-corrected chi connectivity index (χ4v) is 4.92. The molecule has 1 saturated heterocycles. The molecule has 0 spiro atoms. The summed E-state index contributed by atoms with van der Waals surface area (Å²) in [6, 6.07) is 13.9. The molecule has 1 amide bonds. The van der Waals surface area contributed by atoms with E-state index in [-0.39, 0.29) is 5.91 Å². The van der Waals surface area contributed by atoms with Crippen LogP contribution < -0.4 is 15.0 Å². The zero-order valence-electron chi connectivity index (χ0n) is 19.0. The molecule has 32 heavy (non-hydrogen) atoms. The Balaban J connectivity index is 1.21. The Morgan fingerprint density at radius 2 is 2.00 bits per heavy atom. The second kappa shape index (κ2) is 10.8. The number of unbranched alkanes of at least 4 members (excludes halogenated alkanes) is 1. The first-order valence-corrected chi connectivity index (χ1v) is 12.3. The van der Waals surface area contributed by atoms with Gasteiger partial charge >= 0.3 is 0 Å². The molecule has 1 aromatic heterocycles. The number of nitrogens with one attached hydrogen (secondary N) is 1. The van der Waals surface area contributed by atoms with Crippen LogP contribution >= 0.6 is 11.3 Å². The van der Waals surface area contributed by atoms with Gasteiger partial charge in [0, 0.05) is 44.8 Å². The highest BCUT2D eigenvalue weighted by Gasteiger charge is 2.20. The van der Waals surface area contributed by atoms with Crippen LogP contribution in [-0.4, -0.2) is 61.7 Å². The highest BCUT2D eigenvalue weighted by atomic mass is 32.1. The molecule has 0 aliphatic carbocycles. The van der Waals surface area contributed by atoms with E-state index in [1.807, 2.05) is 24.3 Å². The van der Waals surface area contributed by atoms with Gasteiger partial charge in [0.2, 0.25) is 0 Å². The molecule has 1 fully saturated rings. The number of hydrogen-bond acceptors (Lipinski definition) is 6. The lowest BCUT2D eigenvalue weighted by molar-refractivity contribution is 0.0947. The second-order valence-electron chi connectivity index (χ2n) is 8.28. The molecule has 2 aromatic carbocycles. The predicted molar refractivity (Wildman–Crippen MR) is 132 cm³/mol. The largest absolute Gasteiger partial charge is 0.494 e. The quantitative estimate of drug-likeness (QED) is 0.490. The fraction of sp³-hybridized carbons (Fsp3) is 0.440. The van der Waals surface area contributed by atoms with Gasteiger partial charge in [0.1, 0.15) is 5.75 Å². The van der Waals surface area contributed by atoms with Gasteiger partial charge in [0.05, 0.1) is 16.8 Å². The number of aromatic nitrogens is 1. The average molecular weight is 453 g/mol. The smallest absolute Gasteiger partial charge is 0.251 e. The van der Waals surface area contributed by atoms with E-state index in [2.05, 4.69) is 47.2 Å². The number of hydrogen-bond donors (Lipinski definition) is 1. The minimum Gasteiger partial charge on any atom is -0.494 e. The standard InChI is InChI=1S/C25H32N4O2S/c1-3-4-16-31-21-7-5-6-20(18-21)24(30)26-10-11-28-12-14-29(15-13-28)25-27-22-9-8-19(2)17-23(22)32-25/h5-9,17-18H,3-4,10-16H2,1-2H3,(H,26,30). The summed E-state index contributed by atoms with van der Waals surface area (Å²) >= 11 is 1.77. The third kappa shape index (κ3) is 5.78. The molecule has 6 nitrogen and oxygen atoms in total. The molecule has 170 valence electrons. The molecule has 1 N–H and O–H groups in total. The lowest BCUT2D eigenvalue weighted by atomic mass is 10.2. The van der Waals surface area contributed by atoms with Gasteiger partial charge in [-0.3, -0.25) is 9.69 Å². The van der Waals surface area contributed by atoms with E-state index in [0.717, 1.165) is 62.0 Å². The Bertz CT molecular complexity index is 1040. The molecule has 0 saturated carbocycles. The maximum Gasteiger partial charge on any atom is 0.251 e. The number of rotatable bonds is 9. The molecule has 0 bridgehead atoms. The molecule has 0 radical (unpaired) electrons. The van der Waals surface area contributed by atoms with Crippen molar-refractivity contribution in [2.24, 2.45) is 0 Å². The SMILES string of the molecule is CCCCOc1cccc(C(=O)NCCN2CCN(c3nc4ccc(C)cc4s3)CC2)c1. The van der Waals surface area contributed by atoms with Crippen LogP contribution in [0.1, 0.15) is 35.7 Å². The van der Waals surface area contributed by atoms with Gasteiger partial charge < -0.3 is 15.0 Å². The van der Waals surface area contributed by atoms with Crippen molar-refractivity contribution in [3.63, 3.8) is 0 Å². The summed E-state index contributed by atoms with van der Waals surface area (Å²) in [4.78, 5) is 22.1. The van der Waals surface area contributed by atoms with Crippen LogP contribution in [-0.2, 0) is 0 Å². The zero-order chi connectivity index (χ0) is 22.3. The van der Waals surface area contributed by atoms with Gasteiger partial charge in [0.15, 0.2) is 5.13 Å². The Labute approximate surface area is 194 Å². The van der Waals surface area contributed by atoms with Gasteiger partial charge in [-0.2, -0.15) is 0 Å². The third-order valence-electron chi connectivity index (χ3n) is 5.75. The summed E-state index contributed by atoms with van der Waals surface area (Å²) in [7, 11) is 0. The van der Waals surface area contributed by atoms with Crippen molar-refractivity contribution in [2.45, 2.75) is 26.7 Å². The minimum absolute atomic E-state index is 0.0469. The van der Waals surface area contributed by atoms with Gasteiger partial charge in [0.25, 0.3) is 5.91 Å². The Kier molecular flexibility index (Phi) is 7.60. The molecule has 4 rings (SSSR count). The van der Waals surface area contributed by atoms with Crippen LogP contribution in [0.5, 0.6) is 5.75 Å². The predicted octanol–water partition coefficient (Wildman–Crippen LogP) is 4.34. The minimum atomic E-state index is -0.0469. The van der Waals surface area contributed by atoms with E-state index in [1.54, 1.807) is 11.3 Å². The van der Waals surface area contributed by atoms with E-state index in [1.165, 1.54) is 10.3 Å². The first-order valence-electron chi connectivity index (χ1n) is 11.5. The van der Waals surface area contributed by atoms with Crippen LogP contribution in [0.15, 0.2) is 42.5 Å². The first-order chi connectivity index (χ1) is 15.6. The summed E-state index contributed by atoms with van der Waals surface area (Å²) in [5, 5.41) is 4.16. The molecule has 2 heterocycles.